The second-order valence-corrected chi connectivity index (χ2v) is 8.19. The summed E-state index contributed by atoms with van der Waals surface area (Å²) in [7, 11) is 0. The van der Waals surface area contributed by atoms with Crippen LogP contribution in [0.4, 0.5) is 4.39 Å². The molecule has 9 nitrogen and oxygen atoms in total. The maximum absolute atomic E-state index is 13.3. The Kier molecular flexibility index (Phi) is 4.94. The SMILES string of the molecule is Cc1nn(-c2ccc(F)cc2)c2sc(C(=O)NNC(=O)c3n[nH]c(=O)c4ccccc34)cc12. The number of hydrazine groups is 1. The van der Waals surface area contributed by atoms with Crippen molar-refractivity contribution in [3.8, 4) is 5.69 Å². The quantitative estimate of drug-likeness (QED) is 0.356. The molecular formula is C22H15FN6O3S. The summed E-state index contributed by atoms with van der Waals surface area (Å²) in [6.45, 7) is 1.81. The van der Waals surface area contributed by atoms with Crippen LogP contribution in [-0.2, 0) is 0 Å². The summed E-state index contributed by atoms with van der Waals surface area (Å²) >= 11 is 1.18. The Morgan fingerprint density at radius 3 is 2.45 bits per heavy atom. The predicted octanol–water partition coefficient (Wildman–Crippen LogP) is 2.85. The van der Waals surface area contributed by atoms with Crippen molar-refractivity contribution < 1.29 is 14.0 Å². The number of nitrogens with one attached hydrogen (secondary N) is 3. The molecule has 0 aliphatic rings. The van der Waals surface area contributed by atoms with E-state index in [0.29, 0.717) is 31.9 Å². The molecule has 0 aliphatic heterocycles. The molecule has 3 heterocycles. The van der Waals surface area contributed by atoms with Crippen LogP contribution >= 0.6 is 11.3 Å². The van der Waals surface area contributed by atoms with Gasteiger partial charge in [-0.15, -0.1) is 11.3 Å². The lowest BCUT2D eigenvalue weighted by Gasteiger charge is -2.07. The van der Waals surface area contributed by atoms with Gasteiger partial charge in [0.1, 0.15) is 10.6 Å². The highest BCUT2D eigenvalue weighted by molar-refractivity contribution is 7.20. The Morgan fingerprint density at radius 1 is 1.00 bits per heavy atom. The first-order valence-electron chi connectivity index (χ1n) is 9.75. The Balaban J connectivity index is 1.38. The van der Waals surface area contributed by atoms with E-state index in [1.807, 2.05) is 6.92 Å². The van der Waals surface area contributed by atoms with E-state index in [1.165, 1.54) is 23.5 Å². The molecule has 0 saturated carbocycles. The lowest BCUT2D eigenvalue weighted by atomic mass is 10.1. The van der Waals surface area contributed by atoms with E-state index < -0.39 is 17.4 Å². The van der Waals surface area contributed by atoms with Crippen LogP contribution < -0.4 is 16.4 Å². The predicted molar refractivity (Wildman–Crippen MR) is 121 cm³/mol. The van der Waals surface area contributed by atoms with Crippen LogP contribution in [0.1, 0.15) is 25.9 Å². The Bertz CT molecular complexity index is 1600. The molecule has 0 spiro atoms. The third-order valence-electron chi connectivity index (χ3n) is 5.04. The zero-order valence-corrected chi connectivity index (χ0v) is 17.9. The number of H-pyrrole nitrogens is 1. The molecule has 0 radical (unpaired) electrons. The third-order valence-corrected chi connectivity index (χ3v) is 6.15. The number of hydrogen-bond donors (Lipinski definition) is 3. The van der Waals surface area contributed by atoms with Gasteiger partial charge in [0, 0.05) is 10.8 Å². The van der Waals surface area contributed by atoms with Gasteiger partial charge in [0.2, 0.25) is 0 Å². The summed E-state index contributed by atoms with van der Waals surface area (Å²) in [6, 6.07) is 14.1. The average molecular weight is 462 g/mol. The fourth-order valence-corrected chi connectivity index (χ4v) is 4.52. The highest BCUT2D eigenvalue weighted by Gasteiger charge is 2.19. The van der Waals surface area contributed by atoms with Crippen molar-refractivity contribution in [1.29, 1.82) is 0 Å². The van der Waals surface area contributed by atoms with Crippen molar-refractivity contribution >= 4 is 44.1 Å². The number of halogens is 1. The number of aromatic amines is 1. The molecular weight excluding hydrogens is 447 g/mol. The molecule has 0 aliphatic carbocycles. The number of benzene rings is 2. The minimum absolute atomic E-state index is 0.0235. The fourth-order valence-electron chi connectivity index (χ4n) is 3.44. The van der Waals surface area contributed by atoms with E-state index in [9.17, 15) is 18.8 Å². The third kappa shape index (κ3) is 3.64. The summed E-state index contributed by atoms with van der Waals surface area (Å²) in [5.41, 5.74) is 5.63. The van der Waals surface area contributed by atoms with E-state index in [1.54, 1.807) is 47.1 Å². The van der Waals surface area contributed by atoms with Gasteiger partial charge in [-0.05, 0) is 43.3 Å². The van der Waals surface area contributed by atoms with Gasteiger partial charge < -0.3 is 0 Å². The van der Waals surface area contributed by atoms with Crippen molar-refractivity contribution in [2.75, 3.05) is 0 Å². The van der Waals surface area contributed by atoms with E-state index in [4.69, 9.17) is 0 Å². The van der Waals surface area contributed by atoms with Crippen LogP contribution in [0.15, 0.2) is 59.4 Å². The maximum Gasteiger partial charge on any atom is 0.290 e. The van der Waals surface area contributed by atoms with Crippen LogP contribution in [0.3, 0.4) is 0 Å². The van der Waals surface area contributed by atoms with Gasteiger partial charge in [-0.25, -0.2) is 14.2 Å². The molecule has 5 rings (SSSR count). The lowest BCUT2D eigenvalue weighted by Crippen LogP contribution is -2.42. The van der Waals surface area contributed by atoms with Crippen molar-refractivity contribution in [2.24, 2.45) is 0 Å². The summed E-state index contributed by atoms with van der Waals surface area (Å²) in [6.07, 6.45) is 0. The van der Waals surface area contributed by atoms with Gasteiger partial charge in [-0.2, -0.15) is 10.2 Å². The average Bonchev–Trinajstić information content (AvgIpc) is 3.39. The number of rotatable bonds is 3. The van der Waals surface area contributed by atoms with Crippen molar-refractivity contribution in [3.05, 3.63) is 87.0 Å². The monoisotopic (exact) mass is 462 g/mol. The van der Waals surface area contributed by atoms with Crippen molar-refractivity contribution in [2.45, 2.75) is 6.92 Å². The zero-order chi connectivity index (χ0) is 23.1. The Morgan fingerprint density at radius 2 is 1.70 bits per heavy atom. The second kappa shape index (κ2) is 7.95. The summed E-state index contributed by atoms with van der Waals surface area (Å²) in [5, 5.41) is 12.0. The number of carbonyl (C=O) groups is 2. The molecule has 0 atom stereocenters. The molecule has 2 aromatic carbocycles. The second-order valence-electron chi connectivity index (χ2n) is 7.16. The smallest absolute Gasteiger partial charge is 0.267 e. The molecule has 33 heavy (non-hydrogen) atoms. The van der Waals surface area contributed by atoms with E-state index in [2.05, 4.69) is 26.1 Å². The molecule has 11 heteroatoms. The minimum atomic E-state index is -0.675. The highest BCUT2D eigenvalue weighted by atomic mass is 32.1. The van der Waals surface area contributed by atoms with Crippen molar-refractivity contribution in [1.82, 2.24) is 30.8 Å². The van der Waals surface area contributed by atoms with Crippen molar-refractivity contribution in [3.63, 3.8) is 0 Å². The van der Waals surface area contributed by atoms with Gasteiger partial charge in [-0.3, -0.25) is 25.2 Å². The maximum atomic E-state index is 13.3. The number of aryl methyl sites for hydroxylation is 1. The highest BCUT2D eigenvalue weighted by Crippen LogP contribution is 2.30. The molecule has 0 unspecified atom stereocenters. The van der Waals surface area contributed by atoms with E-state index in [-0.39, 0.29) is 11.5 Å². The summed E-state index contributed by atoms with van der Waals surface area (Å²) in [4.78, 5) is 38.2. The number of fused-ring (bicyclic) bond motifs is 2. The standard InChI is InChI=1S/C22H15FN6O3S/c1-11-16-10-17(33-22(16)29(28-11)13-8-6-12(23)7-9-13)20(31)26-27-21(32)18-14-4-2-3-5-15(14)19(30)25-24-18/h2-10H,1H3,(H,25,30)(H,26,31)(H,27,32). The number of thiophene rings is 1. The summed E-state index contributed by atoms with van der Waals surface area (Å²) < 4.78 is 14.9. The van der Waals surface area contributed by atoms with Gasteiger partial charge in [0.05, 0.1) is 21.6 Å². The molecule has 0 fully saturated rings. The van der Waals surface area contributed by atoms with E-state index in [0.717, 1.165) is 5.39 Å². The lowest BCUT2D eigenvalue weighted by molar-refractivity contribution is 0.0846. The largest absolute Gasteiger partial charge is 0.290 e. The number of nitrogens with zero attached hydrogens (tertiary/aromatic N) is 3. The van der Waals surface area contributed by atoms with Gasteiger partial charge in [0.25, 0.3) is 17.4 Å². The van der Waals surface area contributed by atoms with Crippen LogP contribution in [0.2, 0.25) is 0 Å². The fraction of sp³-hybridized carbons (Fsp3) is 0.0455. The number of amides is 2. The molecule has 5 aromatic rings. The van der Waals surface area contributed by atoms with Gasteiger partial charge >= 0.3 is 0 Å². The Hall–Kier alpha value is -4.38. The van der Waals surface area contributed by atoms with Crippen LogP contribution in [0.5, 0.6) is 0 Å². The molecule has 0 bridgehead atoms. The first kappa shape index (κ1) is 20.5. The Labute approximate surface area is 188 Å². The molecule has 2 amide bonds. The number of aromatic nitrogens is 4. The molecule has 0 saturated heterocycles. The first-order valence-corrected chi connectivity index (χ1v) is 10.6. The van der Waals surface area contributed by atoms with Gasteiger partial charge in [-0.1, -0.05) is 18.2 Å². The normalized spacial score (nSPS) is 11.1. The van der Waals surface area contributed by atoms with E-state index >= 15 is 0 Å². The van der Waals surface area contributed by atoms with Gasteiger partial charge in [0.15, 0.2) is 5.69 Å². The number of hydrogen-bond acceptors (Lipinski definition) is 6. The van der Waals surface area contributed by atoms with Crippen LogP contribution in [0.25, 0.3) is 26.7 Å². The first-order chi connectivity index (χ1) is 15.9. The summed E-state index contributed by atoms with van der Waals surface area (Å²) in [5.74, 6) is -1.56. The molecule has 3 N–H and O–H groups in total. The topological polar surface area (TPSA) is 122 Å². The zero-order valence-electron chi connectivity index (χ0n) is 17.0. The number of carbonyl (C=O) groups excluding carboxylic acids is 2. The van der Waals surface area contributed by atoms with Crippen LogP contribution in [-0.4, -0.2) is 31.8 Å². The molecule has 164 valence electrons. The minimum Gasteiger partial charge on any atom is -0.267 e. The van der Waals surface area contributed by atoms with Crippen LogP contribution in [0, 0.1) is 12.7 Å². The molecule has 3 aromatic heterocycles.